The van der Waals surface area contributed by atoms with Gasteiger partial charge in [0.15, 0.2) is 6.23 Å². The van der Waals surface area contributed by atoms with Gasteiger partial charge in [-0.15, -0.1) is 0 Å². The highest BCUT2D eigenvalue weighted by molar-refractivity contribution is 5.75. The summed E-state index contributed by atoms with van der Waals surface area (Å²) in [5, 5.41) is 30.8. The van der Waals surface area contributed by atoms with Crippen molar-refractivity contribution in [3.8, 4) is 0 Å². The van der Waals surface area contributed by atoms with Crippen LogP contribution in [0.3, 0.4) is 0 Å². The smallest absolute Gasteiger partial charge is 0.319 e. The molecule has 2 amide bonds. The molecule has 0 aromatic carbocycles. The molecule has 2 rings (SSSR count). The van der Waals surface area contributed by atoms with Crippen molar-refractivity contribution in [3.63, 3.8) is 0 Å². The number of aliphatic hydroxyl groups is 3. The molecule has 0 radical (unpaired) electrons. The molecular formula is C9H16N2O5. The van der Waals surface area contributed by atoms with Crippen LogP contribution in [0.15, 0.2) is 0 Å². The van der Waals surface area contributed by atoms with E-state index >= 15 is 0 Å². The lowest BCUT2D eigenvalue weighted by Crippen LogP contribution is -2.54. The van der Waals surface area contributed by atoms with Gasteiger partial charge in [0.25, 0.3) is 0 Å². The minimum absolute atomic E-state index is 0.318. The second-order valence-electron chi connectivity index (χ2n) is 4.01. The molecule has 0 saturated carbocycles. The molecule has 16 heavy (non-hydrogen) atoms. The summed E-state index contributed by atoms with van der Waals surface area (Å²) in [4.78, 5) is 12.8. The molecule has 7 heteroatoms. The molecule has 4 N–H and O–H groups in total. The van der Waals surface area contributed by atoms with Gasteiger partial charge in [0.1, 0.15) is 18.3 Å². The third-order valence-corrected chi connectivity index (χ3v) is 2.94. The van der Waals surface area contributed by atoms with E-state index in [0.717, 1.165) is 6.42 Å². The molecule has 0 spiro atoms. The van der Waals surface area contributed by atoms with E-state index in [1.807, 2.05) is 0 Å². The number of rotatable bonds is 2. The highest BCUT2D eigenvalue weighted by Crippen LogP contribution is 2.24. The van der Waals surface area contributed by atoms with E-state index in [1.54, 1.807) is 0 Å². The Bertz CT molecular complexity index is 275. The number of aliphatic hydroxyl groups excluding tert-OH is 3. The fourth-order valence-electron chi connectivity index (χ4n) is 2.03. The van der Waals surface area contributed by atoms with E-state index in [9.17, 15) is 15.0 Å². The average Bonchev–Trinajstić information content (AvgIpc) is 2.57. The molecule has 92 valence electrons. The molecule has 4 unspecified atom stereocenters. The Morgan fingerprint density at radius 3 is 2.75 bits per heavy atom. The highest BCUT2D eigenvalue weighted by Gasteiger charge is 2.46. The summed E-state index contributed by atoms with van der Waals surface area (Å²) >= 11 is 0. The van der Waals surface area contributed by atoms with Crippen molar-refractivity contribution in [2.24, 2.45) is 0 Å². The minimum Gasteiger partial charge on any atom is -0.394 e. The molecule has 2 saturated heterocycles. The number of nitrogens with zero attached hydrogens (tertiary/aromatic N) is 1. The van der Waals surface area contributed by atoms with Crippen LogP contribution in [0.2, 0.25) is 0 Å². The van der Waals surface area contributed by atoms with Crippen molar-refractivity contribution in [1.82, 2.24) is 10.2 Å². The van der Waals surface area contributed by atoms with E-state index in [-0.39, 0.29) is 12.6 Å². The maximum atomic E-state index is 11.5. The Morgan fingerprint density at radius 1 is 1.44 bits per heavy atom. The van der Waals surface area contributed by atoms with Gasteiger partial charge >= 0.3 is 6.03 Å². The van der Waals surface area contributed by atoms with Crippen LogP contribution in [0.4, 0.5) is 4.79 Å². The number of carbonyl (C=O) groups is 1. The van der Waals surface area contributed by atoms with Gasteiger partial charge in [-0.3, -0.25) is 4.90 Å². The average molecular weight is 232 g/mol. The number of hydrogen-bond acceptors (Lipinski definition) is 5. The van der Waals surface area contributed by atoms with E-state index in [4.69, 9.17) is 9.84 Å². The zero-order valence-corrected chi connectivity index (χ0v) is 8.74. The fraction of sp³-hybridized carbons (Fsp3) is 0.889. The third-order valence-electron chi connectivity index (χ3n) is 2.94. The quantitative estimate of drug-likeness (QED) is 0.434. The zero-order chi connectivity index (χ0) is 11.7. The summed E-state index contributed by atoms with van der Waals surface area (Å²) in [6, 6.07) is -0.318. The summed E-state index contributed by atoms with van der Waals surface area (Å²) in [6.45, 7) is 0.687. The lowest BCUT2D eigenvalue weighted by molar-refractivity contribution is -0.0818. The monoisotopic (exact) mass is 232 g/mol. The number of ether oxygens (including phenoxy) is 1. The van der Waals surface area contributed by atoms with Gasteiger partial charge < -0.3 is 25.4 Å². The SMILES string of the molecule is O=C1NCCCN1C1OC(CO)C(O)C1O. The summed E-state index contributed by atoms with van der Waals surface area (Å²) in [7, 11) is 0. The molecule has 2 aliphatic heterocycles. The van der Waals surface area contributed by atoms with Crippen molar-refractivity contribution >= 4 is 6.03 Å². The van der Waals surface area contributed by atoms with Gasteiger partial charge in [0.05, 0.1) is 6.61 Å². The first kappa shape index (κ1) is 11.6. The first-order valence-corrected chi connectivity index (χ1v) is 5.32. The van der Waals surface area contributed by atoms with Crippen LogP contribution in [0, 0.1) is 0 Å². The van der Waals surface area contributed by atoms with Crippen LogP contribution < -0.4 is 5.32 Å². The number of urea groups is 1. The fourth-order valence-corrected chi connectivity index (χ4v) is 2.03. The van der Waals surface area contributed by atoms with Gasteiger partial charge in [0, 0.05) is 13.1 Å². The zero-order valence-electron chi connectivity index (χ0n) is 8.74. The van der Waals surface area contributed by atoms with Gasteiger partial charge in [-0.05, 0) is 6.42 Å². The Kier molecular flexibility index (Phi) is 3.29. The number of amides is 2. The van der Waals surface area contributed by atoms with Crippen LogP contribution in [-0.2, 0) is 4.74 Å². The van der Waals surface area contributed by atoms with Crippen LogP contribution >= 0.6 is 0 Å². The maximum absolute atomic E-state index is 11.5. The molecule has 2 heterocycles. The second kappa shape index (κ2) is 4.54. The maximum Gasteiger partial charge on any atom is 0.319 e. The molecule has 0 aromatic rings. The molecule has 4 atom stereocenters. The molecule has 0 aromatic heterocycles. The highest BCUT2D eigenvalue weighted by atomic mass is 16.6. The van der Waals surface area contributed by atoms with Crippen LogP contribution in [-0.4, -0.2) is 70.5 Å². The third kappa shape index (κ3) is 1.86. The standard InChI is InChI=1S/C9H16N2O5/c12-4-5-6(13)7(14)8(16-5)11-3-1-2-10-9(11)15/h5-8,12-14H,1-4H2,(H,10,15). The Morgan fingerprint density at radius 2 is 2.19 bits per heavy atom. The lowest BCUT2D eigenvalue weighted by Gasteiger charge is -2.33. The largest absolute Gasteiger partial charge is 0.394 e. The molecule has 7 nitrogen and oxygen atoms in total. The van der Waals surface area contributed by atoms with Crippen molar-refractivity contribution in [2.75, 3.05) is 19.7 Å². The van der Waals surface area contributed by atoms with E-state index in [2.05, 4.69) is 5.32 Å². The first-order valence-electron chi connectivity index (χ1n) is 5.32. The first-order chi connectivity index (χ1) is 7.65. The van der Waals surface area contributed by atoms with Crippen molar-refractivity contribution in [1.29, 1.82) is 0 Å². The molecule has 0 aliphatic carbocycles. The predicted molar refractivity (Wildman–Crippen MR) is 52.5 cm³/mol. The summed E-state index contributed by atoms with van der Waals surface area (Å²) < 4.78 is 5.26. The number of carbonyl (C=O) groups excluding carboxylic acids is 1. The Balaban J connectivity index is 2.06. The predicted octanol–water partition coefficient (Wildman–Crippen LogP) is -2.16. The lowest BCUT2D eigenvalue weighted by atomic mass is 10.1. The summed E-state index contributed by atoms with van der Waals surface area (Å²) in [5.41, 5.74) is 0. The Hall–Kier alpha value is -0.890. The Labute approximate surface area is 92.6 Å². The van der Waals surface area contributed by atoms with Crippen molar-refractivity contribution in [2.45, 2.75) is 31.0 Å². The molecule has 2 aliphatic rings. The minimum atomic E-state index is -1.18. The van der Waals surface area contributed by atoms with E-state index in [1.165, 1.54) is 4.90 Å². The van der Waals surface area contributed by atoms with Crippen molar-refractivity contribution in [3.05, 3.63) is 0 Å². The number of nitrogens with one attached hydrogen (secondary N) is 1. The topological polar surface area (TPSA) is 102 Å². The van der Waals surface area contributed by atoms with Crippen LogP contribution in [0.25, 0.3) is 0 Å². The van der Waals surface area contributed by atoms with Crippen LogP contribution in [0.1, 0.15) is 6.42 Å². The molecule has 2 fully saturated rings. The molecular weight excluding hydrogens is 216 g/mol. The van der Waals surface area contributed by atoms with Gasteiger partial charge in [0.2, 0.25) is 0 Å². The van der Waals surface area contributed by atoms with Gasteiger partial charge in [-0.2, -0.15) is 0 Å². The van der Waals surface area contributed by atoms with Crippen molar-refractivity contribution < 1.29 is 24.9 Å². The summed E-state index contributed by atoms with van der Waals surface area (Å²) in [6.07, 6.45) is -3.30. The van der Waals surface area contributed by atoms with E-state index in [0.29, 0.717) is 13.1 Å². The molecule has 0 bridgehead atoms. The second-order valence-corrected chi connectivity index (χ2v) is 4.01. The van der Waals surface area contributed by atoms with E-state index < -0.39 is 24.5 Å². The van der Waals surface area contributed by atoms with Gasteiger partial charge in [-0.1, -0.05) is 0 Å². The van der Waals surface area contributed by atoms with Crippen LogP contribution in [0.5, 0.6) is 0 Å². The normalized spacial score (nSPS) is 39.9. The summed E-state index contributed by atoms with van der Waals surface area (Å²) in [5.74, 6) is 0. The number of hydrogen-bond donors (Lipinski definition) is 4. The van der Waals surface area contributed by atoms with Gasteiger partial charge in [-0.25, -0.2) is 4.79 Å².